The highest BCUT2D eigenvalue weighted by Gasteiger charge is 2.27. The Balaban J connectivity index is 2.45. The van der Waals surface area contributed by atoms with Crippen molar-refractivity contribution in [3.8, 4) is 0 Å². The van der Waals surface area contributed by atoms with E-state index in [-0.39, 0.29) is 5.69 Å². The number of hydrogen-bond acceptors (Lipinski definition) is 4. The molecule has 5 nitrogen and oxygen atoms in total. The average molecular weight is 266 g/mol. The summed E-state index contributed by atoms with van der Waals surface area (Å²) in [4.78, 5) is 11.5. The molecule has 0 unspecified atom stereocenters. The van der Waals surface area contributed by atoms with Gasteiger partial charge < -0.3 is 19.8 Å². The molecule has 0 spiro atoms. The minimum Gasteiger partial charge on any atom is -0.434 e. The van der Waals surface area contributed by atoms with E-state index in [0.29, 0.717) is 12.2 Å². The molecule has 102 valence electrons. The number of halogens is 3. The monoisotopic (exact) mass is 266 g/mol. The Labute approximate surface area is 101 Å². The predicted molar refractivity (Wildman–Crippen MR) is 56.8 cm³/mol. The first kappa shape index (κ1) is 14.4. The lowest BCUT2D eigenvalue weighted by atomic mass is 10.4. The molecule has 0 atom stereocenters. The highest BCUT2D eigenvalue weighted by molar-refractivity contribution is 5.89. The van der Waals surface area contributed by atoms with Gasteiger partial charge in [-0.1, -0.05) is 0 Å². The van der Waals surface area contributed by atoms with Gasteiger partial charge in [-0.05, 0) is 13.0 Å². The number of ether oxygens (including phenoxy) is 2. The molecule has 0 aliphatic carbocycles. The number of nitrogens with two attached hydrogens (primary N) is 1. The standard InChI is InChI=1S/C10H13F3N2O3/c1-2-15-4-7(14)3-8(15)9(16)18-6-17-5-10(11,12)13/h3-4H,2,5-6,14H2,1H3. The van der Waals surface area contributed by atoms with Crippen molar-refractivity contribution < 1.29 is 27.4 Å². The minimum atomic E-state index is -4.44. The van der Waals surface area contributed by atoms with E-state index in [0.717, 1.165) is 0 Å². The molecule has 0 aliphatic heterocycles. The Hall–Kier alpha value is -1.70. The van der Waals surface area contributed by atoms with Crippen LogP contribution in [0, 0.1) is 0 Å². The largest absolute Gasteiger partial charge is 0.434 e. The van der Waals surface area contributed by atoms with Gasteiger partial charge in [0, 0.05) is 12.7 Å². The fraction of sp³-hybridized carbons (Fsp3) is 0.500. The van der Waals surface area contributed by atoms with E-state index >= 15 is 0 Å². The number of nitrogens with zero attached hydrogens (tertiary/aromatic N) is 1. The molecule has 8 heteroatoms. The number of anilines is 1. The maximum atomic E-state index is 11.7. The van der Waals surface area contributed by atoms with Crippen LogP contribution in [0.5, 0.6) is 0 Å². The molecule has 0 bridgehead atoms. The molecule has 0 saturated heterocycles. The van der Waals surface area contributed by atoms with Crippen molar-refractivity contribution in [2.24, 2.45) is 0 Å². The summed E-state index contributed by atoms with van der Waals surface area (Å²) in [5, 5.41) is 0. The summed E-state index contributed by atoms with van der Waals surface area (Å²) < 4.78 is 45.4. The lowest BCUT2D eigenvalue weighted by Gasteiger charge is -2.09. The molecule has 1 aromatic rings. The SMILES string of the molecule is CCn1cc(N)cc1C(=O)OCOCC(F)(F)F. The fourth-order valence-corrected chi connectivity index (χ4v) is 1.29. The van der Waals surface area contributed by atoms with Crippen molar-refractivity contribution in [1.29, 1.82) is 0 Å². The van der Waals surface area contributed by atoms with Crippen molar-refractivity contribution in [2.75, 3.05) is 19.1 Å². The van der Waals surface area contributed by atoms with Crippen molar-refractivity contribution in [3.63, 3.8) is 0 Å². The maximum Gasteiger partial charge on any atom is 0.411 e. The van der Waals surface area contributed by atoms with Crippen molar-refractivity contribution in [1.82, 2.24) is 4.57 Å². The lowest BCUT2D eigenvalue weighted by molar-refractivity contribution is -0.190. The van der Waals surface area contributed by atoms with Gasteiger partial charge >= 0.3 is 12.1 Å². The second-order valence-electron chi connectivity index (χ2n) is 3.46. The van der Waals surface area contributed by atoms with E-state index < -0.39 is 25.5 Å². The first-order chi connectivity index (χ1) is 8.33. The summed E-state index contributed by atoms with van der Waals surface area (Å²) in [7, 11) is 0. The molecule has 0 radical (unpaired) electrons. The molecule has 0 aliphatic rings. The molecule has 0 saturated carbocycles. The summed E-state index contributed by atoms with van der Waals surface area (Å²) in [5.74, 6) is -0.782. The van der Waals surface area contributed by atoms with E-state index in [2.05, 4.69) is 9.47 Å². The molecule has 0 fully saturated rings. The summed E-state index contributed by atoms with van der Waals surface area (Å²) in [6.45, 7) is 0.0613. The zero-order valence-electron chi connectivity index (χ0n) is 9.66. The van der Waals surface area contributed by atoms with Crippen LogP contribution in [-0.2, 0) is 16.0 Å². The topological polar surface area (TPSA) is 66.5 Å². The Morgan fingerprint density at radius 3 is 2.72 bits per heavy atom. The number of alkyl halides is 3. The van der Waals surface area contributed by atoms with Gasteiger partial charge in [0.15, 0.2) is 6.79 Å². The summed E-state index contributed by atoms with van der Waals surface area (Å²) in [6, 6.07) is 1.38. The van der Waals surface area contributed by atoms with E-state index in [1.54, 1.807) is 6.92 Å². The molecule has 2 N–H and O–H groups in total. The molecule has 1 aromatic heterocycles. The second kappa shape index (κ2) is 5.76. The molecule has 0 aromatic carbocycles. The van der Waals surface area contributed by atoms with Crippen LogP contribution in [0.25, 0.3) is 0 Å². The van der Waals surface area contributed by atoms with Gasteiger partial charge in [0.1, 0.15) is 12.3 Å². The van der Waals surface area contributed by atoms with Crippen molar-refractivity contribution in [2.45, 2.75) is 19.6 Å². The average Bonchev–Trinajstić information content (AvgIpc) is 2.64. The molecular weight excluding hydrogens is 253 g/mol. The Kier molecular flexibility index (Phi) is 4.60. The Bertz CT molecular complexity index is 415. The number of aromatic nitrogens is 1. The van der Waals surface area contributed by atoms with Gasteiger partial charge in [-0.2, -0.15) is 13.2 Å². The first-order valence-electron chi connectivity index (χ1n) is 5.10. The van der Waals surface area contributed by atoms with Gasteiger partial charge in [0.2, 0.25) is 0 Å². The summed E-state index contributed by atoms with van der Waals surface area (Å²) in [6.07, 6.45) is -2.91. The minimum absolute atomic E-state index is 0.172. The van der Waals surface area contributed by atoms with Crippen LogP contribution in [0.4, 0.5) is 18.9 Å². The normalized spacial score (nSPS) is 11.6. The number of esters is 1. The van der Waals surface area contributed by atoms with E-state index in [4.69, 9.17) is 5.73 Å². The number of hydrogen-bond donors (Lipinski definition) is 1. The number of carbonyl (C=O) groups excluding carboxylic acids is 1. The Morgan fingerprint density at radius 1 is 1.50 bits per heavy atom. The third kappa shape index (κ3) is 4.28. The van der Waals surface area contributed by atoms with Crippen LogP contribution in [-0.4, -0.2) is 30.1 Å². The van der Waals surface area contributed by atoms with Crippen LogP contribution in [0.15, 0.2) is 12.3 Å². The van der Waals surface area contributed by atoms with Crippen LogP contribution in [0.1, 0.15) is 17.4 Å². The smallest absolute Gasteiger partial charge is 0.411 e. The van der Waals surface area contributed by atoms with Crippen LogP contribution >= 0.6 is 0 Å². The molecule has 18 heavy (non-hydrogen) atoms. The van der Waals surface area contributed by atoms with Gasteiger partial charge in [0.25, 0.3) is 0 Å². The summed E-state index contributed by atoms with van der Waals surface area (Å²) >= 11 is 0. The number of rotatable bonds is 5. The second-order valence-corrected chi connectivity index (χ2v) is 3.46. The fourth-order valence-electron chi connectivity index (χ4n) is 1.29. The predicted octanol–water partition coefficient (Wildman–Crippen LogP) is 1.78. The van der Waals surface area contributed by atoms with Gasteiger partial charge in [-0.3, -0.25) is 0 Å². The third-order valence-electron chi connectivity index (χ3n) is 2.01. The van der Waals surface area contributed by atoms with Gasteiger partial charge in [-0.25, -0.2) is 4.79 Å². The van der Waals surface area contributed by atoms with Crippen LogP contribution < -0.4 is 5.73 Å². The van der Waals surface area contributed by atoms with Crippen molar-refractivity contribution in [3.05, 3.63) is 18.0 Å². The third-order valence-corrected chi connectivity index (χ3v) is 2.01. The summed E-state index contributed by atoms with van der Waals surface area (Å²) in [5.41, 5.74) is 6.04. The zero-order valence-corrected chi connectivity index (χ0v) is 9.66. The number of carbonyl (C=O) groups is 1. The van der Waals surface area contributed by atoms with E-state index in [9.17, 15) is 18.0 Å². The van der Waals surface area contributed by atoms with Crippen LogP contribution in [0.2, 0.25) is 0 Å². The first-order valence-corrected chi connectivity index (χ1v) is 5.10. The van der Waals surface area contributed by atoms with E-state index in [1.165, 1.54) is 16.8 Å². The molecule has 1 heterocycles. The van der Waals surface area contributed by atoms with Gasteiger partial charge in [-0.15, -0.1) is 0 Å². The highest BCUT2D eigenvalue weighted by Crippen LogP contribution is 2.15. The number of aryl methyl sites for hydroxylation is 1. The quantitative estimate of drug-likeness (QED) is 0.501. The maximum absolute atomic E-state index is 11.7. The molecule has 1 rings (SSSR count). The lowest BCUT2D eigenvalue weighted by Crippen LogP contribution is -2.20. The number of nitrogen functional groups attached to an aromatic ring is 1. The van der Waals surface area contributed by atoms with Gasteiger partial charge in [0.05, 0.1) is 5.69 Å². The molecular formula is C10H13F3N2O3. The Morgan fingerprint density at radius 2 is 2.17 bits per heavy atom. The van der Waals surface area contributed by atoms with E-state index in [1.807, 2.05) is 0 Å². The van der Waals surface area contributed by atoms with Crippen molar-refractivity contribution >= 4 is 11.7 Å². The zero-order chi connectivity index (χ0) is 13.8. The van der Waals surface area contributed by atoms with Crippen LogP contribution in [0.3, 0.4) is 0 Å². The molecule has 0 amide bonds. The highest BCUT2D eigenvalue weighted by atomic mass is 19.4.